The van der Waals surface area contributed by atoms with Crippen molar-refractivity contribution in [2.75, 3.05) is 6.61 Å². The molecule has 29 heavy (non-hydrogen) atoms. The number of hydrazone groups is 1. The average Bonchev–Trinajstić information content (AvgIpc) is 3.11. The maximum atomic E-state index is 12.4. The fraction of sp³-hybridized carbons (Fsp3) is 0.300. The summed E-state index contributed by atoms with van der Waals surface area (Å²) in [7, 11) is 0. The van der Waals surface area contributed by atoms with Crippen LogP contribution in [-0.2, 0) is 11.3 Å². The van der Waals surface area contributed by atoms with Gasteiger partial charge >= 0.3 is 5.69 Å². The van der Waals surface area contributed by atoms with Gasteiger partial charge in [-0.1, -0.05) is 24.3 Å². The molecule has 1 aromatic carbocycles. The van der Waals surface area contributed by atoms with Crippen LogP contribution in [0.15, 0.2) is 51.6 Å². The first kappa shape index (κ1) is 20.1. The van der Waals surface area contributed by atoms with Crippen molar-refractivity contribution in [3.8, 4) is 11.6 Å². The van der Waals surface area contributed by atoms with E-state index in [1.807, 2.05) is 25.1 Å². The van der Waals surface area contributed by atoms with Gasteiger partial charge in [0.1, 0.15) is 11.3 Å². The van der Waals surface area contributed by atoms with E-state index in [9.17, 15) is 19.5 Å². The Hall–Kier alpha value is -3.62. The minimum absolute atomic E-state index is 0.00868. The number of carbonyl (C=O) groups excluding carboxylic acids is 1. The van der Waals surface area contributed by atoms with Gasteiger partial charge in [0.05, 0.1) is 18.4 Å². The Morgan fingerprint density at radius 3 is 2.79 bits per heavy atom. The van der Waals surface area contributed by atoms with Crippen LogP contribution in [0.1, 0.15) is 37.4 Å². The number of hydrogen-bond acceptors (Lipinski definition) is 6. The summed E-state index contributed by atoms with van der Waals surface area (Å²) in [6, 6.07) is 6.76. The number of carbonyl (C=O) groups is 1. The van der Waals surface area contributed by atoms with Crippen molar-refractivity contribution in [3.63, 3.8) is 0 Å². The van der Waals surface area contributed by atoms with Crippen LogP contribution in [0.25, 0.3) is 0 Å². The van der Waals surface area contributed by atoms with Gasteiger partial charge in [-0.3, -0.25) is 19.1 Å². The second-order valence-corrected chi connectivity index (χ2v) is 6.46. The fourth-order valence-electron chi connectivity index (χ4n) is 3.35. The third kappa shape index (κ3) is 3.71. The molecule has 1 amide bonds. The third-order valence-electron chi connectivity index (χ3n) is 4.58. The van der Waals surface area contributed by atoms with Gasteiger partial charge in [0.15, 0.2) is 0 Å². The predicted octanol–water partition coefficient (Wildman–Crippen LogP) is 1.52. The lowest BCUT2D eigenvalue weighted by Crippen LogP contribution is -2.33. The number of aromatic amines is 1. The molecule has 152 valence electrons. The molecular weight excluding hydrogens is 376 g/mol. The predicted molar refractivity (Wildman–Crippen MR) is 107 cm³/mol. The Morgan fingerprint density at radius 2 is 2.14 bits per heavy atom. The number of ether oxygens (including phenoxy) is 1. The molecule has 9 nitrogen and oxygen atoms in total. The van der Waals surface area contributed by atoms with Crippen LogP contribution in [0.2, 0.25) is 0 Å². The molecule has 3 rings (SSSR count). The normalized spacial score (nSPS) is 15.9. The number of benzene rings is 1. The van der Waals surface area contributed by atoms with Crippen molar-refractivity contribution >= 4 is 11.6 Å². The van der Waals surface area contributed by atoms with Gasteiger partial charge in [0.25, 0.3) is 5.56 Å². The quantitative estimate of drug-likeness (QED) is 0.716. The van der Waals surface area contributed by atoms with Crippen LogP contribution in [-0.4, -0.2) is 37.9 Å². The Labute approximate surface area is 166 Å². The van der Waals surface area contributed by atoms with Crippen molar-refractivity contribution in [1.29, 1.82) is 0 Å². The van der Waals surface area contributed by atoms with Crippen LogP contribution >= 0.6 is 0 Å². The van der Waals surface area contributed by atoms with Crippen molar-refractivity contribution < 1.29 is 14.6 Å². The molecule has 1 aliphatic rings. The molecule has 0 bridgehead atoms. The van der Waals surface area contributed by atoms with Crippen LogP contribution in [0.5, 0.6) is 11.6 Å². The molecule has 0 radical (unpaired) electrons. The fourth-order valence-corrected chi connectivity index (χ4v) is 3.35. The molecule has 0 saturated carbocycles. The van der Waals surface area contributed by atoms with Crippen LogP contribution in [0.3, 0.4) is 0 Å². The number of aromatic hydroxyl groups is 1. The van der Waals surface area contributed by atoms with Crippen LogP contribution < -0.4 is 16.0 Å². The topological polar surface area (TPSA) is 117 Å². The van der Waals surface area contributed by atoms with Gasteiger partial charge in [-0.25, -0.2) is 9.80 Å². The van der Waals surface area contributed by atoms with Gasteiger partial charge in [-0.05, 0) is 13.0 Å². The molecule has 0 fully saturated rings. The third-order valence-corrected chi connectivity index (χ3v) is 4.58. The van der Waals surface area contributed by atoms with Gasteiger partial charge in [0, 0.05) is 25.5 Å². The van der Waals surface area contributed by atoms with Gasteiger partial charge < -0.3 is 9.84 Å². The summed E-state index contributed by atoms with van der Waals surface area (Å²) >= 11 is 0. The smallest absolute Gasteiger partial charge is 0.331 e. The van der Waals surface area contributed by atoms with E-state index in [2.05, 4.69) is 16.7 Å². The number of allylic oxidation sites excluding steroid dienone is 1. The van der Waals surface area contributed by atoms with E-state index in [4.69, 9.17) is 4.74 Å². The molecule has 9 heteroatoms. The zero-order valence-corrected chi connectivity index (χ0v) is 16.2. The van der Waals surface area contributed by atoms with Crippen molar-refractivity contribution in [2.45, 2.75) is 32.9 Å². The number of aromatic nitrogens is 2. The van der Waals surface area contributed by atoms with Gasteiger partial charge in [0.2, 0.25) is 11.8 Å². The number of nitrogens with one attached hydrogen (secondary N) is 1. The van der Waals surface area contributed by atoms with Crippen LogP contribution in [0, 0.1) is 0 Å². The summed E-state index contributed by atoms with van der Waals surface area (Å²) in [4.78, 5) is 38.8. The highest BCUT2D eigenvalue weighted by molar-refractivity contribution is 6.04. The summed E-state index contributed by atoms with van der Waals surface area (Å²) in [5, 5.41) is 16.1. The summed E-state index contributed by atoms with van der Waals surface area (Å²) in [5.41, 5.74) is -0.731. The zero-order chi connectivity index (χ0) is 21.1. The van der Waals surface area contributed by atoms with Crippen molar-refractivity contribution in [2.24, 2.45) is 5.10 Å². The molecule has 2 aromatic rings. The Bertz CT molecular complexity index is 1100. The largest absolute Gasteiger partial charge is 0.494 e. The van der Waals surface area contributed by atoms with Crippen LogP contribution in [0.4, 0.5) is 0 Å². The highest BCUT2D eigenvalue weighted by atomic mass is 16.5. The first-order valence-corrected chi connectivity index (χ1v) is 9.15. The maximum absolute atomic E-state index is 12.4. The highest BCUT2D eigenvalue weighted by Crippen LogP contribution is 2.37. The molecule has 0 unspecified atom stereocenters. The lowest BCUT2D eigenvalue weighted by Gasteiger charge is -2.22. The number of nitrogens with zero attached hydrogens (tertiary/aromatic N) is 3. The zero-order valence-electron chi connectivity index (χ0n) is 16.2. The summed E-state index contributed by atoms with van der Waals surface area (Å²) in [6.45, 7) is 7.22. The van der Waals surface area contributed by atoms with E-state index in [1.165, 1.54) is 18.0 Å². The molecular formula is C20H22N4O5. The van der Waals surface area contributed by atoms with Crippen molar-refractivity contribution in [3.05, 3.63) is 68.9 Å². The minimum Gasteiger partial charge on any atom is -0.494 e. The Kier molecular flexibility index (Phi) is 5.67. The summed E-state index contributed by atoms with van der Waals surface area (Å²) in [5.74, 6) is -0.233. The molecule has 0 aliphatic carbocycles. The molecule has 1 aromatic heterocycles. The number of para-hydroxylation sites is 1. The molecule has 1 atom stereocenters. The van der Waals surface area contributed by atoms with E-state index in [0.717, 1.165) is 10.1 Å². The van der Waals surface area contributed by atoms with E-state index in [-0.39, 0.29) is 30.1 Å². The number of hydrogen-bond donors (Lipinski definition) is 2. The lowest BCUT2D eigenvalue weighted by atomic mass is 9.98. The molecule has 0 saturated heterocycles. The SMILES string of the molecule is C=CCn1c(O)c(C2=NN(C(C)=O)[C@H](c3ccccc3OCC)C2)c(=O)[nH]c1=O. The summed E-state index contributed by atoms with van der Waals surface area (Å²) in [6.07, 6.45) is 1.59. The molecule has 2 N–H and O–H groups in total. The highest BCUT2D eigenvalue weighted by Gasteiger charge is 2.35. The number of H-pyrrole nitrogens is 1. The number of amides is 1. The lowest BCUT2D eigenvalue weighted by molar-refractivity contribution is -0.130. The second kappa shape index (κ2) is 8.17. The first-order chi connectivity index (χ1) is 13.9. The molecule has 2 heterocycles. The second-order valence-electron chi connectivity index (χ2n) is 6.46. The Balaban J connectivity index is 2.11. The molecule has 1 aliphatic heterocycles. The molecule has 0 spiro atoms. The van der Waals surface area contributed by atoms with E-state index < -0.39 is 23.2 Å². The van der Waals surface area contributed by atoms with E-state index in [1.54, 1.807) is 6.07 Å². The Morgan fingerprint density at radius 1 is 1.41 bits per heavy atom. The average molecular weight is 398 g/mol. The number of rotatable bonds is 6. The standard InChI is InChI=1S/C20H22N4O5/c1-4-10-23-19(27)17(18(26)21-20(23)28)14-11-15(24(22-14)12(3)25)13-8-6-7-9-16(13)29-5-2/h4,6-9,15,27H,1,5,10-11H2,2-3H3,(H,21,26,28)/t15-/m0/s1. The first-order valence-electron chi connectivity index (χ1n) is 9.15. The van der Waals surface area contributed by atoms with Gasteiger partial charge in [-0.2, -0.15) is 5.10 Å². The van der Waals surface area contributed by atoms with Gasteiger partial charge in [-0.15, -0.1) is 6.58 Å². The van der Waals surface area contributed by atoms with E-state index >= 15 is 0 Å². The van der Waals surface area contributed by atoms with Crippen molar-refractivity contribution in [1.82, 2.24) is 14.6 Å². The maximum Gasteiger partial charge on any atom is 0.331 e. The monoisotopic (exact) mass is 398 g/mol. The summed E-state index contributed by atoms with van der Waals surface area (Å²) < 4.78 is 6.65. The minimum atomic E-state index is -0.770. The van der Waals surface area contributed by atoms with E-state index in [0.29, 0.717) is 12.4 Å².